The van der Waals surface area contributed by atoms with Crippen LogP contribution in [0, 0.1) is 11.8 Å². The van der Waals surface area contributed by atoms with Crippen LogP contribution in [0.25, 0.3) is 0 Å². The third-order valence-corrected chi connectivity index (χ3v) is 4.92. The summed E-state index contributed by atoms with van der Waals surface area (Å²) in [7, 11) is 0. The Bertz CT molecular complexity index is 266. The molecule has 0 saturated heterocycles. The van der Waals surface area contributed by atoms with Crippen molar-refractivity contribution in [3.8, 4) is 0 Å². The number of nitrogens with zero attached hydrogens (tertiary/aromatic N) is 1. The number of amides is 1. The van der Waals surface area contributed by atoms with Crippen LogP contribution in [0.15, 0.2) is 0 Å². The van der Waals surface area contributed by atoms with E-state index in [-0.39, 0.29) is 5.92 Å². The van der Waals surface area contributed by atoms with Gasteiger partial charge in [-0.05, 0) is 57.9 Å². The normalized spacial score (nSPS) is 29.4. The lowest BCUT2D eigenvalue weighted by atomic mass is 9.81. The first-order valence-corrected chi connectivity index (χ1v) is 7.76. The molecule has 0 radical (unpaired) electrons. The van der Waals surface area contributed by atoms with Crippen molar-refractivity contribution in [2.24, 2.45) is 17.6 Å². The summed E-state index contributed by atoms with van der Waals surface area (Å²) in [6, 6.07) is 0.537. The van der Waals surface area contributed by atoms with Gasteiger partial charge in [-0.2, -0.15) is 0 Å². The molecule has 3 nitrogen and oxygen atoms in total. The van der Waals surface area contributed by atoms with E-state index in [1.54, 1.807) is 0 Å². The highest BCUT2D eigenvalue weighted by Gasteiger charge is 2.32. The molecule has 2 fully saturated rings. The van der Waals surface area contributed by atoms with Gasteiger partial charge in [0.15, 0.2) is 0 Å². The zero-order valence-electron chi connectivity index (χ0n) is 11.7. The van der Waals surface area contributed by atoms with Gasteiger partial charge in [-0.25, -0.2) is 0 Å². The molecule has 104 valence electrons. The molecule has 0 aromatic rings. The van der Waals surface area contributed by atoms with Gasteiger partial charge in [0.05, 0.1) is 0 Å². The number of hydrogen-bond donors (Lipinski definition) is 1. The van der Waals surface area contributed by atoms with Gasteiger partial charge in [0.2, 0.25) is 5.91 Å². The highest BCUT2D eigenvalue weighted by molar-refractivity contribution is 5.79. The minimum atomic E-state index is 0.286. The third-order valence-electron chi connectivity index (χ3n) is 4.92. The van der Waals surface area contributed by atoms with Gasteiger partial charge in [-0.1, -0.05) is 12.8 Å². The number of carbonyl (C=O) groups excluding carboxylic acids is 1. The fourth-order valence-electron chi connectivity index (χ4n) is 3.69. The topological polar surface area (TPSA) is 46.3 Å². The van der Waals surface area contributed by atoms with Gasteiger partial charge in [0.1, 0.15) is 0 Å². The van der Waals surface area contributed by atoms with Gasteiger partial charge in [-0.3, -0.25) is 4.79 Å². The van der Waals surface area contributed by atoms with Crippen LogP contribution in [0.5, 0.6) is 0 Å². The van der Waals surface area contributed by atoms with Crippen LogP contribution in [0.2, 0.25) is 0 Å². The molecular formula is C15H28N2O. The first-order chi connectivity index (χ1) is 8.76. The second-order valence-electron chi connectivity index (χ2n) is 6.02. The quantitative estimate of drug-likeness (QED) is 0.835. The van der Waals surface area contributed by atoms with Gasteiger partial charge in [0.25, 0.3) is 0 Å². The fraction of sp³-hybridized carbons (Fsp3) is 0.933. The maximum Gasteiger partial charge on any atom is 0.225 e. The minimum Gasteiger partial charge on any atom is -0.340 e. The summed E-state index contributed by atoms with van der Waals surface area (Å²) >= 11 is 0. The van der Waals surface area contributed by atoms with Gasteiger partial charge < -0.3 is 10.6 Å². The Morgan fingerprint density at radius 3 is 2.22 bits per heavy atom. The zero-order chi connectivity index (χ0) is 13.0. The van der Waals surface area contributed by atoms with Crippen molar-refractivity contribution in [2.45, 2.75) is 64.3 Å². The Balaban J connectivity index is 1.89. The second kappa shape index (κ2) is 6.55. The van der Waals surface area contributed by atoms with Crippen molar-refractivity contribution in [2.75, 3.05) is 13.1 Å². The molecule has 0 aliphatic heterocycles. The number of carbonyl (C=O) groups is 1. The predicted octanol–water partition coefficient (Wildman–Crippen LogP) is 2.54. The molecule has 0 bridgehead atoms. The van der Waals surface area contributed by atoms with E-state index < -0.39 is 0 Å². The molecule has 0 aromatic heterocycles. The lowest BCUT2D eigenvalue weighted by Crippen LogP contribution is -2.43. The molecule has 18 heavy (non-hydrogen) atoms. The number of rotatable bonds is 4. The molecule has 1 amide bonds. The maximum absolute atomic E-state index is 12.6. The molecule has 0 atom stereocenters. The standard InChI is InChI=1S/C15H28N2O/c1-2-17(14-5-3-4-6-14)15(18)13-9-7-12(11-16)8-10-13/h12-14H,2-11,16H2,1H3. The van der Waals surface area contributed by atoms with Crippen molar-refractivity contribution in [1.29, 1.82) is 0 Å². The Kier molecular flexibility index (Phi) is 5.04. The van der Waals surface area contributed by atoms with E-state index in [4.69, 9.17) is 5.73 Å². The van der Waals surface area contributed by atoms with Crippen LogP contribution in [-0.2, 0) is 4.79 Å². The summed E-state index contributed by atoms with van der Waals surface area (Å²) < 4.78 is 0. The summed E-state index contributed by atoms with van der Waals surface area (Å²) in [6.45, 7) is 3.81. The Labute approximate surface area is 111 Å². The molecule has 2 aliphatic carbocycles. The summed E-state index contributed by atoms with van der Waals surface area (Å²) in [5.74, 6) is 1.38. The molecule has 0 heterocycles. The lowest BCUT2D eigenvalue weighted by Gasteiger charge is -2.34. The SMILES string of the molecule is CCN(C(=O)C1CCC(CN)CC1)C1CCCC1. The smallest absolute Gasteiger partial charge is 0.225 e. The van der Waals surface area contributed by atoms with E-state index in [0.717, 1.165) is 38.8 Å². The molecule has 2 aliphatic rings. The monoisotopic (exact) mass is 252 g/mol. The van der Waals surface area contributed by atoms with E-state index in [1.807, 2.05) is 0 Å². The molecule has 0 aromatic carbocycles. The zero-order valence-corrected chi connectivity index (χ0v) is 11.7. The van der Waals surface area contributed by atoms with Crippen LogP contribution in [0.1, 0.15) is 58.3 Å². The highest BCUT2D eigenvalue weighted by atomic mass is 16.2. The van der Waals surface area contributed by atoms with Crippen LogP contribution in [0.4, 0.5) is 0 Å². The third kappa shape index (κ3) is 3.05. The Morgan fingerprint density at radius 2 is 1.72 bits per heavy atom. The number of nitrogens with two attached hydrogens (primary N) is 1. The van der Waals surface area contributed by atoms with Crippen LogP contribution in [-0.4, -0.2) is 29.9 Å². The molecule has 3 heteroatoms. The molecule has 2 saturated carbocycles. The van der Waals surface area contributed by atoms with Gasteiger partial charge in [-0.15, -0.1) is 0 Å². The molecule has 2 N–H and O–H groups in total. The van der Waals surface area contributed by atoms with Gasteiger partial charge in [0, 0.05) is 18.5 Å². The van der Waals surface area contributed by atoms with E-state index in [2.05, 4.69) is 11.8 Å². The van der Waals surface area contributed by atoms with Crippen LogP contribution >= 0.6 is 0 Å². The largest absolute Gasteiger partial charge is 0.340 e. The van der Waals surface area contributed by atoms with E-state index in [9.17, 15) is 4.79 Å². The van der Waals surface area contributed by atoms with Crippen molar-refractivity contribution >= 4 is 5.91 Å². The van der Waals surface area contributed by atoms with Crippen molar-refractivity contribution in [3.63, 3.8) is 0 Å². The minimum absolute atomic E-state index is 0.286. The van der Waals surface area contributed by atoms with Gasteiger partial charge >= 0.3 is 0 Å². The number of hydrogen-bond acceptors (Lipinski definition) is 2. The van der Waals surface area contributed by atoms with E-state index in [0.29, 0.717) is 17.9 Å². The summed E-state index contributed by atoms with van der Waals surface area (Å²) in [4.78, 5) is 14.8. The van der Waals surface area contributed by atoms with Crippen molar-refractivity contribution in [3.05, 3.63) is 0 Å². The lowest BCUT2D eigenvalue weighted by molar-refractivity contribution is -0.138. The average Bonchev–Trinajstić information content (AvgIpc) is 2.93. The summed E-state index contributed by atoms with van der Waals surface area (Å²) in [5.41, 5.74) is 5.71. The first-order valence-electron chi connectivity index (χ1n) is 7.76. The molecule has 2 rings (SSSR count). The van der Waals surface area contributed by atoms with Crippen LogP contribution in [0.3, 0.4) is 0 Å². The van der Waals surface area contributed by atoms with Crippen molar-refractivity contribution in [1.82, 2.24) is 4.90 Å². The highest BCUT2D eigenvalue weighted by Crippen LogP contribution is 2.32. The Morgan fingerprint density at radius 1 is 1.11 bits per heavy atom. The Hall–Kier alpha value is -0.570. The predicted molar refractivity (Wildman–Crippen MR) is 74.1 cm³/mol. The summed E-state index contributed by atoms with van der Waals surface area (Å²) in [6.07, 6.45) is 9.45. The summed E-state index contributed by atoms with van der Waals surface area (Å²) in [5, 5.41) is 0. The van der Waals surface area contributed by atoms with E-state index in [1.165, 1.54) is 25.7 Å². The molecule has 0 unspecified atom stereocenters. The molecular weight excluding hydrogens is 224 g/mol. The van der Waals surface area contributed by atoms with Crippen LogP contribution < -0.4 is 5.73 Å². The second-order valence-corrected chi connectivity index (χ2v) is 6.02. The first kappa shape index (κ1) is 13.9. The average molecular weight is 252 g/mol. The van der Waals surface area contributed by atoms with Crippen molar-refractivity contribution < 1.29 is 4.79 Å². The fourth-order valence-corrected chi connectivity index (χ4v) is 3.69. The van der Waals surface area contributed by atoms with E-state index >= 15 is 0 Å². The maximum atomic E-state index is 12.6. The molecule has 0 spiro atoms.